The lowest BCUT2D eigenvalue weighted by atomic mass is 9.90. The SMILES string of the molecule is O=C(O)Oc1ccc2c(CCCCN3CCCC(c4cccc(O)c4)C3)c[nH]c2c1. The predicted molar refractivity (Wildman–Crippen MR) is 116 cm³/mol. The third kappa shape index (κ3) is 4.94. The fourth-order valence-corrected chi connectivity index (χ4v) is 4.50. The molecule has 1 aromatic heterocycles. The van der Waals surface area contributed by atoms with Crippen LogP contribution in [0, 0.1) is 0 Å². The number of likely N-dealkylation sites (tertiary alicyclic amines) is 1. The van der Waals surface area contributed by atoms with Gasteiger partial charge in [-0.3, -0.25) is 0 Å². The van der Waals surface area contributed by atoms with Gasteiger partial charge in [0.15, 0.2) is 0 Å². The van der Waals surface area contributed by atoms with Crippen LogP contribution in [0.4, 0.5) is 4.79 Å². The molecule has 4 rings (SSSR count). The third-order valence-electron chi connectivity index (χ3n) is 5.96. The number of ether oxygens (including phenoxy) is 1. The van der Waals surface area contributed by atoms with Crippen molar-refractivity contribution >= 4 is 17.1 Å². The number of aromatic amines is 1. The number of H-pyrrole nitrogens is 1. The molecule has 0 radical (unpaired) electrons. The van der Waals surface area contributed by atoms with E-state index < -0.39 is 6.16 Å². The molecule has 2 aromatic carbocycles. The number of hydrogen-bond acceptors (Lipinski definition) is 4. The van der Waals surface area contributed by atoms with Crippen molar-refractivity contribution in [3.63, 3.8) is 0 Å². The lowest BCUT2D eigenvalue weighted by Crippen LogP contribution is -2.35. The Hall–Kier alpha value is -2.99. The number of nitrogens with zero attached hydrogens (tertiary/aromatic N) is 1. The van der Waals surface area contributed by atoms with Crippen LogP contribution < -0.4 is 4.74 Å². The molecule has 2 heterocycles. The number of carboxylic acid groups (broad SMARTS) is 1. The number of aromatic hydroxyl groups is 1. The maximum atomic E-state index is 10.7. The van der Waals surface area contributed by atoms with Crippen LogP contribution in [0.3, 0.4) is 0 Å². The maximum Gasteiger partial charge on any atom is 0.511 e. The van der Waals surface area contributed by atoms with Gasteiger partial charge in [0, 0.05) is 29.7 Å². The van der Waals surface area contributed by atoms with Crippen LogP contribution in [-0.4, -0.2) is 45.9 Å². The molecular weight excluding hydrogens is 380 g/mol. The molecule has 3 N–H and O–H groups in total. The van der Waals surface area contributed by atoms with Crippen molar-refractivity contribution in [3.8, 4) is 11.5 Å². The van der Waals surface area contributed by atoms with E-state index in [2.05, 4.69) is 16.0 Å². The van der Waals surface area contributed by atoms with E-state index in [-0.39, 0.29) is 0 Å². The summed E-state index contributed by atoms with van der Waals surface area (Å²) in [7, 11) is 0. The Morgan fingerprint density at radius 3 is 2.93 bits per heavy atom. The number of phenols is 1. The van der Waals surface area contributed by atoms with Gasteiger partial charge >= 0.3 is 6.16 Å². The number of unbranched alkanes of at least 4 members (excludes halogenated alkanes) is 1. The molecule has 1 unspecified atom stereocenters. The summed E-state index contributed by atoms with van der Waals surface area (Å²) in [6.07, 6.45) is 6.32. The third-order valence-corrected chi connectivity index (χ3v) is 5.96. The Morgan fingerprint density at radius 1 is 1.20 bits per heavy atom. The van der Waals surface area contributed by atoms with Crippen LogP contribution >= 0.6 is 0 Å². The molecule has 1 atom stereocenters. The Bertz CT molecular complexity index is 1010. The minimum Gasteiger partial charge on any atom is -0.508 e. The second-order valence-electron chi connectivity index (χ2n) is 8.08. The molecular formula is C24H28N2O4. The van der Waals surface area contributed by atoms with E-state index in [4.69, 9.17) is 9.84 Å². The van der Waals surface area contributed by atoms with Crippen molar-refractivity contribution in [1.82, 2.24) is 9.88 Å². The number of aryl methyl sites for hydroxylation is 1. The molecule has 0 saturated carbocycles. The van der Waals surface area contributed by atoms with Crippen LogP contribution in [-0.2, 0) is 6.42 Å². The molecule has 3 aromatic rings. The smallest absolute Gasteiger partial charge is 0.508 e. The van der Waals surface area contributed by atoms with Crippen molar-refractivity contribution in [2.45, 2.75) is 38.0 Å². The molecule has 0 amide bonds. The van der Waals surface area contributed by atoms with Gasteiger partial charge in [-0.05, 0) is 86.5 Å². The monoisotopic (exact) mass is 408 g/mol. The maximum absolute atomic E-state index is 10.7. The first-order chi connectivity index (χ1) is 14.6. The van der Waals surface area contributed by atoms with E-state index in [9.17, 15) is 9.90 Å². The standard InChI is InChI=1S/C24H28N2O4/c27-20-8-3-6-17(13-20)19-7-4-12-26(16-19)11-2-1-5-18-15-25-23-14-21(30-24(28)29)9-10-22(18)23/h3,6,8-10,13-15,19,25,27H,1-2,4-5,7,11-12,16H2,(H,28,29). The number of aromatic nitrogens is 1. The zero-order valence-electron chi connectivity index (χ0n) is 17.0. The molecule has 0 aliphatic carbocycles. The first kappa shape index (κ1) is 20.3. The molecule has 30 heavy (non-hydrogen) atoms. The molecule has 158 valence electrons. The van der Waals surface area contributed by atoms with Crippen molar-refractivity contribution in [1.29, 1.82) is 0 Å². The van der Waals surface area contributed by atoms with Crippen LogP contribution in [0.15, 0.2) is 48.7 Å². The van der Waals surface area contributed by atoms with E-state index in [1.54, 1.807) is 18.2 Å². The number of fused-ring (bicyclic) bond motifs is 1. The Balaban J connectivity index is 1.27. The second-order valence-corrected chi connectivity index (χ2v) is 8.08. The molecule has 1 aliphatic rings. The van der Waals surface area contributed by atoms with Crippen molar-refractivity contribution < 1.29 is 19.7 Å². The van der Waals surface area contributed by atoms with E-state index in [0.717, 1.165) is 49.8 Å². The highest BCUT2D eigenvalue weighted by atomic mass is 16.7. The summed E-state index contributed by atoms with van der Waals surface area (Å²) in [6, 6.07) is 13.0. The normalized spacial score (nSPS) is 17.3. The Morgan fingerprint density at radius 2 is 2.10 bits per heavy atom. The second kappa shape index (κ2) is 9.22. The first-order valence-electron chi connectivity index (χ1n) is 10.6. The molecule has 1 aliphatic heterocycles. The number of nitrogens with one attached hydrogen (secondary N) is 1. The molecule has 6 heteroatoms. The average molecular weight is 408 g/mol. The molecule has 0 spiro atoms. The van der Waals surface area contributed by atoms with Gasteiger partial charge in [0.05, 0.1) is 0 Å². The topological polar surface area (TPSA) is 85.8 Å². The van der Waals surface area contributed by atoms with Gasteiger partial charge in [-0.1, -0.05) is 12.1 Å². The molecule has 1 fully saturated rings. The lowest BCUT2D eigenvalue weighted by Gasteiger charge is -2.33. The molecule has 6 nitrogen and oxygen atoms in total. The number of rotatable bonds is 7. The fourth-order valence-electron chi connectivity index (χ4n) is 4.50. The Kier molecular flexibility index (Phi) is 6.23. The highest BCUT2D eigenvalue weighted by molar-refractivity contribution is 5.85. The summed E-state index contributed by atoms with van der Waals surface area (Å²) >= 11 is 0. The van der Waals surface area contributed by atoms with Crippen LogP contribution in [0.1, 0.15) is 42.7 Å². The van der Waals surface area contributed by atoms with Gasteiger partial charge < -0.3 is 24.8 Å². The van der Waals surface area contributed by atoms with Crippen molar-refractivity contribution in [2.24, 2.45) is 0 Å². The quantitative estimate of drug-likeness (QED) is 0.287. The van der Waals surface area contributed by atoms with Crippen LogP contribution in [0.5, 0.6) is 11.5 Å². The Labute approximate surface area is 176 Å². The summed E-state index contributed by atoms with van der Waals surface area (Å²) in [5.74, 6) is 1.18. The van der Waals surface area contributed by atoms with Crippen LogP contribution in [0.25, 0.3) is 10.9 Å². The first-order valence-corrected chi connectivity index (χ1v) is 10.6. The van der Waals surface area contributed by atoms with E-state index in [1.165, 1.54) is 24.0 Å². The van der Waals surface area contributed by atoms with Crippen LogP contribution in [0.2, 0.25) is 0 Å². The van der Waals surface area contributed by atoms with E-state index in [1.807, 2.05) is 24.4 Å². The lowest BCUT2D eigenvalue weighted by molar-refractivity contribution is 0.144. The molecule has 0 bridgehead atoms. The minimum atomic E-state index is -1.30. The summed E-state index contributed by atoms with van der Waals surface area (Å²) < 4.78 is 4.72. The van der Waals surface area contributed by atoms with Gasteiger partial charge in [0.1, 0.15) is 11.5 Å². The van der Waals surface area contributed by atoms with Gasteiger partial charge in [0.25, 0.3) is 0 Å². The van der Waals surface area contributed by atoms with Gasteiger partial charge in [-0.15, -0.1) is 0 Å². The number of carbonyl (C=O) groups is 1. The summed E-state index contributed by atoms with van der Waals surface area (Å²) in [6.45, 7) is 3.30. The highest BCUT2D eigenvalue weighted by Crippen LogP contribution is 2.29. The number of phenolic OH excluding ortho intramolecular Hbond substituents is 1. The highest BCUT2D eigenvalue weighted by Gasteiger charge is 2.21. The number of hydrogen-bond donors (Lipinski definition) is 3. The minimum absolute atomic E-state index is 0.329. The average Bonchev–Trinajstić information content (AvgIpc) is 3.13. The predicted octanol–water partition coefficient (Wildman–Crippen LogP) is 5.13. The largest absolute Gasteiger partial charge is 0.511 e. The van der Waals surface area contributed by atoms with Gasteiger partial charge in [0.2, 0.25) is 0 Å². The van der Waals surface area contributed by atoms with Gasteiger partial charge in [-0.2, -0.15) is 0 Å². The summed E-state index contributed by atoms with van der Waals surface area (Å²) in [5, 5.41) is 19.6. The zero-order chi connectivity index (χ0) is 20.9. The number of benzene rings is 2. The molecule has 1 saturated heterocycles. The van der Waals surface area contributed by atoms with E-state index >= 15 is 0 Å². The van der Waals surface area contributed by atoms with E-state index in [0.29, 0.717) is 17.4 Å². The summed E-state index contributed by atoms with van der Waals surface area (Å²) in [5.41, 5.74) is 3.39. The summed E-state index contributed by atoms with van der Waals surface area (Å²) in [4.78, 5) is 16.4. The zero-order valence-corrected chi connectivity index (χ0v) is 17.0. The van der Waals surface area contributed by atoms with Gasteiger partial charge in [-0.25, -0.2) is 4.79 Å². The van der Waals surface area contributed by atoms with Crippen molar-refractivity contribution in [2.75, 3.05) is 19.6 Å². The number of piperidine rings is 1. The fraction of sp³-hybridized carbons (Fsp3) is 0.375. The van der Waals surface area contributed by atoms with Crippen molar-refractivity contribution in [3.05, 3.63) is 59.8 Å².